The Labute approximate surface area is 102 Å². The number of halogens is 1. The highest BCUT2D eigenvalue weighted by molar-refractivity contribution is 6.31. The molecule has 0 atom stereocenters. The van der Waals surface area contributed by atoms with E-state index in [0.717, 1.165) is 11.0 Å². The van der Waals surface area contributed by atoms with Gasteiger partial charge in [-0.3, -0.25) is 0 Å². The number of pyridine rings is 1. The van der Waals surface area contributed by atoms with Gasteiger partial charge in [-0.15, -0.1) is 0 Å². The number of aromatic nitrogens is 1. The van der Waals surface area contributed by atoms with E-state index in [1.54, 1.807) is 30.5 Å². The fraction of sp³-hybridized carbons (Fsp3) is 0. The molecule has 0 amide bonds. The highest BCUT2D eigenvalue weighted by atomic mass is 35.5. The Bertz CT molecular complexity index is 691. The largest absolute Gasteiger partial charge is 0.506 e. The second kappa shape index (κ2) is 3.79. The van der Waals surface area contributed by atoms with Gasteiger partial charge in [0.25, 0.3) is 0 Å². The smallest absolute Gasteiger partial charge is 0.157 e. The molecule has 3 nitrogen and oxygen atoms in total. The summed E-state index contributed by atoms with van der Waals surface area (Å²) in [5.74, 6) is 0.623. The highest BCUT2D eigenvalue weighted by Crippen LogP contribution is 2.32. The van der Waals surface area contributed by atoms with E-state index in [-0.39, 0.29) is 5.75 Å². The fourth-order valence-corrected chi connectivity index (χ4v) is 1.90. The van der Waals surface area contributed by atoms with Crippen molar-refractivity contribution < 1.29 is 9.52 Å². The summed E-state index contributed by atoms with van der Waals surface area (Å²) in [5.41, 5.74) is 1.15. The average Bonchev–Trinajstić information content (AvgIpc) is 2.72. The molecule has 0 radical (unpaired) electrons. The van der Waals surface area contributed by atoms with Gasteiger partial charge in [-0.2, -0.15) is 0 Å². The molecule has 0 aliphatic rings. The molecule has 0 spiro atoms. The van der Waals surface area contributed by atoms with Crippen LogP contribution in [0.5, 0.6) is 5.75 Å². The second-order valence-corrected chi connectivity index (χ2v) is 4.10. The predicted octanol–water partition coefficient (Wildman–Crippen LogP) is 3.85. The summed E-state index contributed by atoms with van der Waals surface area (Å²) in [7, 11) is 0. The van der Waals surface area contributed by atoms with Crippen molar-refractivity contribution in [1.82, 2.24) is 4.98 Å². The number of aromatic hydroxyl groups is 1. The van der Waals surface area contributed by atoms with Crippen LogP contribution in [-0.2, 0) is 0 Å². The second-order valence-electron chi connectivity index (χ2n) is 3.66. The first kappa shape index (κ1) is 10.2. The molecular weight excluding hydrogens is 238 g/mol. The van der Waals surface area contributed by atoms with Crippen LogP contribution < -0.4 is 0 Å². The third kappa shape index (κ3) is 1.74. The van der Waals surface area contributed by atoms with Crippen molar-refractivity contribution in [3.05, 3.63) is 47.6 Å². The van der Waals surface area contributed by atoms with Crippen LogP contribution in [0.15, 0.2) is 47.0 Å². The minimum Gasteiger partial charge on any atom is -0.506 e. The van der Waals surface area contributed by atoms with Gasteiger partial charge in [-0.05, 0) is 36.4 Å². The van der Waals surface area contributed by atoms with Gasteiger partial charge in [-0.1, -0.05) is 11.6 Å². The van der Waals surface area contributed by atoms with Crippen molar-refractivity contribution in [3.63, 3.8) is 0 Å². The zero-order chi connectivity index (χ0) is 11.8. The Balaban J connectivity index is 2.22. The number of fused-ring (bicyclic) bond motifs is 1. The summed E-state index contributed by atoms with van der Waals surface area (Å²) in [5, 5.41) is 11.2. The maximum atomic E-state index is 9.70. The molecule has 2 aromatic heterocycles. The Hall–Kier alpha value is -2.00. The first-order valence-electron chi connectivity index (χ1n) is 5.07. The minimum absolute atomic E-state index is 0.0950. The molecule has 0 aliphatic heterocycles. The van der Waals surface area contributed by atoms with Gasteiger partial charge in [0.1, 0.15) is 17.0 Å². The van der Waals surface area contributed by atoms with Crippen LogP contribution in [0.1, 0.15) is 0 Å². The lowest BCUT2D eigenvalue weighted by atomic mass is 10.2. The Morgan fingerprint density at radius 3 is 2.88 bits per heavy atom. The zero-order valence-electron chi connectivity index (χ0n) is 8.72. The standard InChI is InChI=1S/C13H8ClNO2/c14-9-3-4-11-8(6-9)7-12(17-11)13-10(16)2-1-5-15-13/h1-7,16H. The minimum atomic E-state index is 0.0950. The van der Waals surface area contributed by atoms with E-state index < -0.39 is 0 Å². The van der Waals surface area contributed by atoms with Crippen LogP contribution in [-0.4, -0.2) is 10.1 Å². The molecule has 2 heterocycles. The van der Waals surface area contributed by atoms with E-state index >= 15 is 0 Å². The van der Waals surface area contributed by atoms with Gasteiger partial charge < -0.3 is 9.52 Å². The van der Waals surface area contributed by atoms with E-state index in [1.807, 2.05) is 12.1 Å². The topological polar surface area (TPSA) is 46.3 Å². The normalized spacial score (nSPS) is 10.9. The fourth-order valence-electron chi connectivity index (χ4n) is 1.72. The third-order valence-electron chi connectivity index (χ3n) is 2.50. The van der Waals surface area contributed by atoms with Crippen LogP contribution >= 0.6 is 11.6 Å². The molecular formula is C13H8ClNO2. The van der Waals surface area contributed by atoms with Gasteiger partial charge in [0.05, 0.1) is 0 Å². The van der Waals surface area contributed by atoms with Crippen LogP contribution in [0.25, 0.3) is 22.4 Å². The predicted molar refractivity (Wildman–Crippen MR) is 66.1 cm³/mol. The van der Waals surface area contributed by atoms with E-state index in [1.165, 1.54) is 0 Å². The van der Waals surface area contributed by atoms with Crippen LogP contribution in [0.3, 0.4) is 0 Å². The van der Waals surface area contributed by atoms with Crippen molar-refractivity contribution in [2.75, 3.05) is 0 Å². The molecule has 17 heavy (non-hydrogen) atoms. The van der Waals surface area contributed by atoms with Crippen molar-refractivity contribution >= 4 is 22.6 Å². The van der Waals surface area contributed by atoms with Gasteiger partial charge in [0.2, 0.25) is 0 Å². The zero-order valence-corrected chi connectivity index (χ0v) is 9.48. The molecule has 1 aromatic carbocycles. The number of benzene rings is 1. The summed E-state index contributed by atoms with van der Waals surface area (Å²) in [4.78, 5) is 4.09. The summed E-state index contributed by atoms with van der Waals surface area (Å²) < 4.78 is 5.61. The monoisotopic (exact) mass is 245 g/mol. The molecule has 3 rings (SSSR count). The average molecular weight is 246 g/mol. The van der Waals surface area contributed by atoms with Crippen LogP contribution in [0.4, 0.5) is 0 Å². The van der Waals surface area contributed by atoms with Gasteiger partial charge in [0.15, 0.2) is 5.76 Å². The Morgan fingerprint density at radius 1 is 1.18 bits per heavy atom. The molecule has 0 aliphatic carbocycles. The first-order valence-corrected chi connectivity index (χ1v) is 5.45. The van der Waals surface area contributed by atoms with Gasteiger partial charge >= 0.3 is 0 Å². The maximum Gasteiger partial charge on any atom is 0.157 e. The lowest BCUT2D eigenvalue weighted by Gasteiger charge is -1.97. The summed E-state index contributed by atoms with van der Waals surface area (Å²) >= 11 is 5.90. The van der Waals surface area contributed by atoms with E-state index in [9.17, 15) is 5.11 Å². The Kier molecular flexibility index (Phi) is 2.27. The van der Waals surface area contributed by atoms with Crippen molar-refractivity contribution in [2.45, 2.75) is 0 Å². The molecule has 84 valence electrons. The van der Waals surface area contributed by atoms with Crippen LogP contribution in [0, 0.1) is 0 Å². The molecule has 0 saturated heterocycles. The Morgan fingerprint density at radius 2 is 2.06 bits per heavy atom. The van der Waals surface area contributed by atoms with Crippen molar-refractivity contribution in [1.29, 1.82) is 0 Å². The number of rotatable bonds is 1. The number of nitrogens with zero attached hydrogens (tertiary/aromatic N) is 1. The van der Waals surface area contributed by atoms with Gasteiger partial charge in [-0.25, -0.2) is 4.98 Å². The molecule has 3 aromatic rings. The molecule has 0 bridgehead atoms. The van der Waals surface area contributed by atoms with Crippen molar-refractivity contribution in [2.24, 2.45) is 0 Å². The number of furan rings is 1. The number of hydrogen-bond acceptors (Lipinski definition) is 3. The van der Waals surface area contributed by atoms with E-state index in [2.05, 4.69) is 4.98 Å². The number of hydrogen-bond donors (Lipinski definition) is 1. The molecule has 0 unspecified atom stereocenters. The summed E-state index contributed by atoms with van der Waals surface area (Å²) in [6.45, 7) is 0. The van der Waals surface area contributed by atoms with Crippen LogP contribution in [0.2, 0.25) is 5.02 Å². The quantitative estimate of drug-likeness (QED) is 0.708. The lowest BCUT2D eigenvalue weighted by molar-refractivity contribution is 0.472. The highest BCUT2D eigenvalue weighted by Gasteiger charge is 2.11. The van der Waals surface area contributed by atoms with Gasteiger partial charge in [0, 0.05) is 16.6 Å². The third-order valence-corrected chi connectivity index (χ3v) is 2.73. The first-order chi connectivity index (χ1) is 8.24. The molecule has 1 N–H and O–H groups in total. The van der Waals surface area contributed by atoms with E-state index in [0.29, 0.717) is 16.5 Å². The maximum absolute atomic E-state index is 9.70. The SMILES string of the molecule is Oc1cccnc1-c1cc2cc(Cl)ccc2o1. The molecule has 0 fully saturated rings. The molecule has 0 saturated carbocycles. The molecule has 4 heteroatoms. The lowest BCUT2D eigenvalue weighted by Crippen LogP contribution is -1.79. The van der Waals surface area contributed by atoms with E-state index in [4.69, 9.17) is 16.0 Å². The van der Waals surface area contributed by atoms with Crippen molar-refractivity contribution in [3.8, 4) is 17.2 Å². The summed E-state index contributed by atoms with van der Waals surface area (Å²) in [6, 6.07) is 10.4. The summed E-state index contributed by atoms with van der Waals surface area (Å²) in [6.07, 6.45) is 1.61.